The number of halogens is 1. The van der Waals surface area contributed by atoms with Gasteiger partial charge in [0.25, 0.3) is 0 Å². The smallest absolute Gasteiger partial charge is 0 e. The monoisotopic (exact) mass is 414 g/mol. The zero-order valence-corrected chi connectivity index (χ0v) is 15.5. The molecular weight excluding hydrogens is 396 g/mol. The van der Waals surface area contributed by atoms with Gasteiger partial charge in [0.05, 0.1) is 0 Å². The van der Waals surface area contributed by atoms with E-state index in [4.69, 9.17) is 6.30 Å². The third-order valence-electron chi connectivity index (χ3n) is 3.59. The van der Waals surface area contributed by atoms with E-state index in [-0.39, 0.29) is 31.9 Å². The molecule has 0 aliphatic heterocycles. The number of rotatable bonds is 3. The summed E-state index contributed by atoms with van der Waals surface area (Å²) in [6.07, 6.45) is 4.69. The summed E-state index contributed by atoms with van der Waals surface area (Å²) >= 11 is 0. The summed E-state index contributed by atoms with van der Waals surface area (Å²) < 4.78 is 0. The minimum atomic E-state index is -1.78. The molecule has 0 radical (unpaired) electrons. The molecular formula is C19H18ClPRu. The fourth-order valence-corrected chi connectivity index (χ4v) is 5.43. The standard InChI is InChI=1S/C19H17P.ClH.Ru/c1-20(17-11-5-2-6-12-17,18-13-7-3-8-14-18)19-15-9-4-10-16-19;;/h2-16H,1H2;1H;. The van der Waals surface area contributed by atoms with Gasteiger partial charge in [0, 0.05) is 19.5 Å². The van der Waals surface area contributed by atoms with E-state index in [0.29, 0.717) is 0 Å². The van der Waals surface area contributed by atoms with E-state index in [1.807, 2.05) is 0 Å². The van der Waals surface area contributed by atoms with Crippen molar-refractivity contribution >= 4 is 41.5 Å². The first-order valence-electron chi connectivity index (χ1n) is 6.72. The van der Waals surface area contributed by atoms with Crippen molar-refractivity contribution in [3.8, 4) is 0 Å². The summed E-state index contributed by atoms with van der Waals surface area (Å²) in [6.45, 7) is -1.78. The summed E-state index contributed by atoms with van der Waals surface area (Å²) in [5.41, 5.74) is 0. The predicted octanol–water partition coefficient (Wildman–Crippen LogP) is 3.83. The molecule has 0 N–H and O–H groups in total. The van der Waals surface area contributed by atoms with Crippen molar-refractivity contribution in [1.82, 2.24) is 0 Å². The van der Waals surface area contributed by atoms with Crippen LogP contribution in [0.15, 0.2) is 91.0 Å². The molecule has 0 aliphatic carbocycles. The minimum Gasteiger partial charge on any atom is -0.147 e. The van der Waals surface area contributed by atoms with Crippen LogP contribution in [-0.4, -0.2) is 6.30 Å². The molecule has 0 aromatic heterocycles. The SMILES string of the molecule is C=P(c1ccccc1)(c1ccccc1)c1ccccc1.Cl.[Ru]. The summed E-state index contributed by atoms with van der Waals surface area (Å²) in [6, 6.07) is 31.9. The van der Waals surface area contributed by atoms with Crippen LogP contribution in [0.2, 0.25) is 0 Å². The third kappa shape index (κ3) is 3.61. The Morgan fingerprint density at radius 3 is 0.955 bits per heavy atom. The van der Waals surface area contributed by atoms with Gasteiger partial charge in [0.2, 0.25) is 0 Å². The maximum absolute atomic E-state index is 4.69. The second-order valence-corrected chi connectivity index (χ2v) is 7.99. The summed E-state index contributed by atoms with van der Waals surface area (Å²) in [4.78, 5) is 0. The van der Waals surface area contributed by atoms with Crippen molar-refractivity contribution in [2.75, 3.05) is 0 Å². The Morgan fingerprint density at radius 2 is 0.727 bits per heavy atom. The molecule has 3 heteroatoms. The van der Waals surface area contributed by atoms with Crippen LogP contribution < -0.4 is 15.9 Å². The summed E-state index contributed by atoms with van der Waals surface area (Å²) in [5.74, 6) is 0. The van der Waals surface area contributed by atoms with Gasteiger partial charge in [-0.05, 0) is 22.8 Å². The van der Waals surface area contributed by atoms with E-state index >= 15 is 0 Å². The Morgan fingerprint density at radius 1 is 0.500 bits per heavy atom. The van der Waals surface area contributed by atoms with Crippen LogP contribution >= 0.6 is 19.3 Å². The molecule has 0 heterocycles. The molecule has 0 saturated carbocycles. The van der Waals surface area contributed by atoms with Crippen LogP contribution in [0.4, 0.5) is 0 Å². The molecule has 3 rings (SSSR count). The summed E-state index contributed by atoms with van der Waals surface area (Å²) in [7, 11) is 0. The molecule has 0 atom stereocenters. The van der Waals surface area contributed by atoms with E-state index in [9.17, 15) is 0 Å². The zero-order valence-electron chi connectivity index (χ0n) is 12.1. The van der Waals surface area contributed by atoms with Gasteiger partial charge in [0.15, 0.2) is 0 Å². The quantitative estimate of drug-likeness (QED) is 0.452. The number of hydrogen-bond donors (Lipinski definition) is 0. The molecule has 3 aromatic carbocycles. The van der Waals surface area contributed by atoms with E-state index < -0.39 is 6.89 Å². The largest absolute Gasteiger partial charge is 0.147 e. The normalized spacial score (nSPS) is 10.2. The topological polar surface area (TPSA) is 0 Å². The third-order valence-corrected chi connectivity index (χ3v) is 7.13. The van der Waals surface area contributed by atoms with Gasteiger partial charge in [-0.15, -0.1) is 12.4 Å². The Hall–Kier alpha value is -1.13. The first-order chi connectivity index (χ1) is 9.82. The minimum absolute atomic E-state index is 0. The van der Waals surface area contributed by atoms with Crippen LogP contribution in [0.3, 0.4) is 0 Å². The summed E-state index contributed by atoms with van der Waals surface area (Å²) in [5, 5.41) is 3.95. The molecule has 0 saturated heterocycles. The molecule has 114 valence electrons. The fraction of sp³-hybridized carbons (Fsp3) is 0. The average molecular weight is 414 g/mol. The Labute approximate surface area is 151 Å². The fourth-order valence-electron chi connectivity index (χ4n) is 2.49. The van der Waals surface area contributed by atoms with Crippen molar-refractivity contribution < 1.29 is 19.5 Å². The maximum Gasteiger partial charge on any atom is 0 e. The maximum atomic E-state index is 4.69. The molecule has 0 aliphatic rings. The molecule has 3 aromatic rings. The van der Waals surface area contributed by atoms with Crippen LogP contribution in [-0.2, 0) is 19.5 Å². The Bertz CT molecular complexity index is 624. The van der Waals surface area contributed by atoms with Gasteiger partial charge < -0.3 is 0 Å². The Balaban J connectivity index is 0.00000121. The van der Waals surface area contributed by atoms with Crippen LogP contribution in [0.1, 0.15) is 0 Å². The van der Waals surface area contributed by atoms with Gasteiger partial charge in [-0.25, -0.2) is 0 Å². The van der Waals surface area contributed by atoms with E-state index in [2.05, 4.69) is 91.0 Å². The van der Waals surface area contributed by atoms with E-state index in [1.54, 1.807) is 0 Å². The van der Waals surface area contributed by atoms with Gasteiger partial charge in [0.1, 0.15) is 0 Å². The van der Waals surface area contributed by atoms with Crippen molar-refractivity contribution in [1.29, 1.82) is 0 Å². The Kier molecular flexibility index (Phi) is 7.30. The van der Waals surface area contributed by atoms with E-state index in [0.717, 1.165) is 0 Å². The molecule has 0 bridgehead atoms. The van der Waals surface area contributed by atoms with Crippen molar-refractivity contribution in [2.24, 2.45) is 0 Å². The zero-order chi connectivity index (χ0) is 13.8. The van der Waals surface area contributed by atoms with Gasteiger partial charge in [-0.3, -0.25) is 0 Å². The number of hydrogen-bond acceptors (Lipinski definition) is 0. The first kappa shape index (κ1) is 18.9. The molecule has 0 unspecified atom stereocenters. The van der Waals surface area contributed by atoms with E-state index in [1.165, 1.54) is 15.9 Å². The van der Waals surface area contributed by atoms with Crippen molar-refractivity contribution in [3.05, 3.63) is 91.0 Å². The molecule has 0 spiro atoms. The predicted molar refractivity (Wildman–Crippen MR) is 99.5 cm³/mol. The molecule has 0 fully saturated rings. The van der Waals surface area contributed by atoms with Gasteiger partial charge in [-0.2, -0.15) is 0 Å². The number of benzene rings is 3. The van der Waals surface area contributed by atoms with Crippen LogP contribution in [0.25, 0.3) is 0 Å². The van der Waals surface area contributed by atoms with Crippen LogP contribution in [0.5, 0.6) is 0 Å². The molecule has 22 heavy (non-hydrogen) atoms. The first-order valence-corrected chi connectivity index (χ1v) is 8.69. The van der Waals surface area contributed by atoms with Crippen molar-refractivity contribution in [2.45, 2.75) is 0 Å². The van der Waals surface area contributed by atoms with Gasteiger partial charge >= 0.3 is 0 Å². The second-order valence-electron chi connectivity index (χ2n) is 4.82. The molecule has 0 amide bonds. The average Bonchev–Trinajstić information content (AvgIpc) is 2.56. The van der Waals surface area contributed by atoms with Gasteiger partial charge in [-0.1, -0.05) is 97.3 Å². The molecule has 0 nitrogen and oxygen atoms in total. The van der Waals surface area contributed by atoms with Crippen LogP contribution in [0, 0.1) is 0 Å². The van der Waals surface area contributed by atoms with Crippen molar-refractivity contribution in [3.63, 3.8) is 0 Å². The second kappa shape index (κ2) is 8.49.